The summed E-state index contributed by atoms with van der Waals surface area (Å²) in [5, 5.41) is 0. The summed E-state index contributed by atoms with van der Waals surface area (Å²) in [5.41, 5.74) is -1.15. The molecule has 0 aromatic heterocycles. The Balaban J connectivity index is 4.10. The van der Waals surface area contributed by atoms with Gasteiger partial charge in [0.1, 0.15) is 0 Å². The summed E-state index contributed by atoms with van der Waals surface area (Å²) in [6.07, 6.45) is 16.8. The van der Waals surface area contributed by atoms with Crippen LogP contribution in [0.3, 0.4) is 0 Å². The van der Waals surface area contributed by atoms with E-state index in [1.165, 1.54) is 44.9 Å². The van der Waals surface area contributed by atoms with E-state index in [0.29, 0.717) is 26.1 Å². The van der Waals surface area contributed by atoms with E-state index >= 15 is 0 Å². The minimum atomic E-state index is -1.15. The van der Waals surface area contributed by atoms with Crippen molar-refractivity contribution in [2.24, 2.45) is 5.41 Å². The van der Waals surface area contributed by atoms with E-state index in [-0.39, 0.29) is 0 Å². The second-order valence-electron chi connectivity index (χ2n) is 8.35. The molecule has 0 saturated carbocycles. The van der Waals surface area contributed by atoms with E-state index in [4.69, 9.17) is 21.1 Å². The van der Waals surface area contributed by atoms with Gasteiger partial charge in [-0.05, 0) is 32.1 Å². The first kappa shape index (κ1) is 29.2. The lowest BCUT2D eigenvalue weighted by Crippen LogP contribution is -2.41. The highest BCUT2D eigenvalue weighted by atomic mass is 35.5. The van der Waals surface area contributed by atoms with Crippen LogP contribution in [0.1, 0.15) is 124 Å². The first-order valence-corrected chi connectivity index (χ1v) is 13.0. The molecule has 0 saturated heterocycles. The summed E-state index contributed by atoms with van der Waals surface area (Å²) in [5.74, 6) is -0.111. The van der Waals surface area contributed by atoms with E-state index in [2.05, 4.69) is 6.92 Å². The SMILES string of the molecule is CCCCCCCCCCOC(=O)C(CC)(CC)C(=O)OCCCCCCCCCl. The molecule has 0 radical (unpaired) electrons. The maximum Gasteiger partial charge on any atom is 0.323 e. The lowest BCUT2D eigenvalue weighted by molar-refractivity contribution is -0.173. The summed E-state index contributed by atoms with van der Waals surface area (Å²) >= 11 is 5.67. The molecule has 0 bridgehead atoms. The van der Waals surface area contributed by atoms with Crippen LogP contribution in [0, 0.1) is 5.41 Å². The zero-order valence-corrected chi connectivity index (χ0v) is 20.7. The van der Waals surface area contributed by atoms with Gasteiger partial charge in [0.05, 0.1) is 13.2 Å². The minimum Gasteiger partial charge on any atom is -0.465 e. The average molecular weight is 447 g/mol. The Hall–Kier alpha value is -0.770. The number of rotatable bonds is 21. The molecule has 178 valence electrons. The topological polar surface area (TPSA) is 52.6 Å². The molecule has 0 aliphatic rings. The Kier molecular flexibility index (Phi) is 19.6. The Labute approximate surface area is 190 Å². The predicted molar refractivity (Wildman–Crippen MR) is 126 cm³/mol. The highest BCUT2D eigenvalue weighted by Gasteiger charge is 2.45. The number of alkyl halides is 1. The number of unbranched alkanes of at least 4 members (excludes halogenated alkanes) is 12. The van der Waals surface area contributed by atoms with E-state index in [9.17, 15) is 9.59 Å². The standard InChI is InChI=1S/C25H47ClO4/c1-4-7-8-9-10-12-15-18-21-29-23(27)25(5-2,6-3)24(28)30-22-19-16-13-11-14-17-20-26/h4-22H2,1-3H3. The second kappa shape index (κ2) is 20.2. The van der Waals surface area contributed by atoms with Gasteiger partial charge in [-0.25, -0.2) is 0 Å². The molecule has 0 N–H and O–H groups in total. The van der Waals surface area contributed by atoms with Gasteiger partial charge in [0, 0.05) is 5.88 Å². The Morgan fingerprint density at radius 3 is 1.33 bits per heavy atom. The third-order valence-electron chi connectivity index (χ3n) is 5.98. The maximum atomic E-state index is 12.7. The van der Waals surface area contributed by atoms with Gasteiger partial charge < -0.3 is 9.47 Å². The first-order chi connectivity index (χ1) is 14.6. The van der Waals surface area contributed by atoms with Gasteiger partial charge in [-0.2, -0.15) is 0 Å². The van der Waals surface area contributed by atoms with Crippen molar-refractivity contribution >= 4 is 23.5 Å². The van der Waals surface area contributed by atoms with Crippen LogP contribution in [0.2, 0.25) is 0 Å². The highest BCUT2D eigenvalue weighted by molar-refractivity contribution is 6.17. The van der Waals surface area contributed by atoms with Crippen molar-refractivity contribution in [2.45, 2.75) is 124 Å². The molecule has 0 atom stereocenters. The summed E-state index contributed by atoms with van der Waals surface area (Å²) < 4.78 is 11.0. The first-order valence-electron chi connectivity index (χ1n) is 12.5. The fourth-order valence-electron chi connectivity index (χ4n) is 3.66. The zero-order chi connectivity index (χ0) is 22.5. The van der Waals surface area contributed by atoms with Crippen molar-refractivity contribution in [3.63, 3.8) is 0 Å². The second-order valence-corrected chi connectivity index (χ2v) is 8.72. The van der Waals surface area contributed by atoms with Gasteiger partial charge >= 0.3 is 11.9 Å². The molecule has 0 aliphatic carbocycles. The monoisotopic (exact) mass is 446 g/mol. The molecule has 0 spiro atoms. The molecular formula is C25H47ClO4. The molecule has 5 heteroatoms. The maximum absolute atomic E-state index is 12.7. The summed E-state index contributed by atoms with van der Waals surface area (Å²) in [7, 11) is 0. The van der Waals surface area contributed by atoms with Crippen LogP contribution >= 0.6 is 11.6 Å². The highest BCUT2D eigenvalue weighted by Crippen LogP contribution is 2.30. The minimum absolute atomic E-state index is 0.376. The van der Waals surface area contributed by atoms with E-state index in [1.807, 2.05) is 13.8 Å². The van der Waals surface area contributed by atoms with Gasteiger partial charge in [0.2, 0.25) is 0 Å². The Morgan fingerprint density at radius 1 is 0.600 bits per heavy atom. The van der Waals surface area contributed by atoms with Gasteiger partial charge in [-0.1, -0.05) is 91.4 Å². The summed E-state index contributed by atoms with van der Waals surface area (Å²) in [6, 6.07) is 0. The van der Waals surface area contributed by atoms with Gasteiger partial charge in [0.25, 0.3) is 0 Å². The molecule has 0 aromatic rings. The average Bonchev–Trinajstić information content (AvgIpc) is 2.75. The van der Waals surface area contributed by atoms with Crippen LogP contribution in [0.5, 0.6) is 0 Å². The number of halogens is 1. The molecule has 0 amide bonds. The lowest BCUT2D eigenvalue weighted by Gasteiger charge is -2.27. The van der Waals surface area contributed by atoms with Gasteiger partial charge in [-0.3, -0.25) is 9.59 Å². The van der Waals surface area contributed by atoms with Gasteiger partial charge in [0.15, 0.2) is 5.41 Å². The summed E-state index contributed by atoms with van der Waals surface area (Å²) in [4.78, 5) is 25.3. The molecule has 0 aliphatic heterocycles. The number of hydrogen-bond donors (Lipinski definition) is 0. The lowest BCUT2D eigenvalue weighted by atomic mass is 9.82. The predicted octanol–water partition coefficient (Wildman–Crippen LogP) is 7.60. The molecular weight excluding hydrogens is 400 g/mol. The Bertz CT molecular complexity index is 421. The van der Waals surface area contributed by atoms with E-state index < -0.39 is 17.4 Å². The van der Waals surface area contributed by atoms with Crippen molar-refractivity contribution < 1.29 is 19.1 Å². The zero-order valence-electron chi connectivity index (χ0n) is 19.9. The van der Waals surface area contributed by atoms with Crippen LogP contribution < -0.4 is 0 Å². The molecule has 0 fully saturated rings. The fraction of sp³-hybridized carbons (Fsp3) is 0.920. The smallest absolute Gasteiger partial charge is 0.323 e. The van der Waals surface area contributed by atoms with Crippen molar-refractivity contribution in [1.82, 2.24) is 0 Å². The number of carbonyl (C=O) groups excluding carboxylic acids is 2. The van der Waals surface area contributed by atoms with Crippen molar-refractivity contribution in [3.05, 3.63) is 0 Å². The Morgan fingerprint density at radius 2 is 0.967 bits per heavy atom. The molecule has 4 nitrogen and oxygen atoms in total. The van der Waals surface area contributed by atoms with Crippen LogP contribution in [-0.2, 0) is 19.1 Å². The number of esters is 2. The van der Waals surface area contributed by atoms with E-state index in [1.54, 1.807) is 0 Å². The fourth-order valence-corrected chi connectivity index (χ4v) is 3.85. The van der Waals surface area contributed by atoms with Crippen LogP contribution in [-0.4, -0.2) is 31.0 Å². The van der Waals surface area contributed by atoms with E-state index in [0.717, 1.165) is 50.8 Å². The number of ether oxygens (including phenoxy) is 2. The largest absolute Gasteiger partial charge is 0.465 e. The third kappa shape index (κ3) is 12.8. The van der Waals surface area contributed by atoms with Crippen molar-refractivity contribution in [1.29, 1.82) is 0 Å². The van der Waals surface area contributed by atoms with Crippen LogP contribution in [0.25, 0.3) is 0 Å². The van der Waals surface area contributed by atoms with Crippen LogP contribution in [0.4, 0.5) is 0 Å². The van der Waals surface area contributed by atoms with Crippen LogP contribution in [0.15, 0.2) is 0 Å². The molecule has 0 unspecified atom stereocenters. The summed E-state index contributed by atoms with van der Waals surface area (Å²) in [6.45, 7) is 6.72. The number of hydrogen-bond acceptors (Lipinski definition) is 4. The third-order valence-corrected chi connectivity index (χ3v) is 6.25. The molecule has 30 heavy (non-hydrogen) atoms. The normalized spacial score (nSPS) is 11.5. The molecule has 0 heterocycles. The quantitative estimate of drug-likeness (QED) is 0.0787. The molecule has 0 rings (SSSR count). The van der Waals surface area contributed by atoms with Crippen molar-refractivity contribution in [3.8, 4) is 0 Å². The van der Waals surface area contributed by atoms with Gasteiger partial charge in [-0.15, -0.1) is 11.6 Å². The molecule has 0 aromatic carbocycles. The van der Waals surface area contributed by atoms with Crippen molar-refractivity contribution in [2.75, 3.05) is 19.1 Å². The number of carbonyl (C=O) groups is 2.